The number of amides is 2. The molecule has 4 saturated carbocycles. The van der Waals surface area contributed by atoms with Crippen LogP contribution in [0.25, 0.3) is 0 Å². The van der Waals surface area contributed by atoms with Gasteiger partial charge in [-0.05, 0) is 106 Å². The summed E-state index contributed by atoms with van der Waals surface area (Å²) in [6, 6.07) is 14.9. The fourth-order valence-electron chi connectivity index (χ4n) is 7.85. The van der Waals surface area contributed by atoms with E-state index in [-0.39, 0.29) is 24.4 Å². The molecule has 2 amide bonds. The van der Waals surface area contributed by atoms with Crippen LogP contribution in [-0.4, -0.2) is 50.5 Å². The van der Waals surface area contributed by atoms with Gasteiger partial charge in [0.1, 0.15) is 12.6 Å². The second-order valence-electron chi connectivity index (χ2n) is 12.6. The number of likely N-dealkylation sites (N-methyl/N-ethyl adjacent to an activating group) is 1. The topological polar surface area (TPSA) is 86.8 Å². The molecule has 1 N–H and O–H groups in total. The number of carbonyl (C=O) groups excluding carboxylic acids is 2. The van der Waals surface area contributed by atoms with E-state index in [1.165, 1.54) is 53.3 Å². The van der Waals surface area contributed by atoms with Gasteiger partial charge in [-0.2, -0.15) is 0 Å². The minimum absolute atomic E-state index is 0.208. The van der Waals surface area contributed by atoms with Crippen LogP contribution in [0.15, 0.2) is 48.5 Å². The maximum atomic E-state index is 13.7. The molecule has 40 heavy (non-hydrogen) atoms. The molecule has 0 unspecified atom stereocenters. The maximum Gasteiger partial charge on any atom is 0.244 e. The first kappa shape index (κ1) is 28.7. The molecule has 0 heterocycles. The van der Waals surface area contributed by atoms with Gasteiger partial charge in [0.2, 0.25) is 21.8 Å². The normalized spacial score (nSPS) is 25.9. The van der Waals surface area contributed by atoms with Gasteiger partial charge in [-0.15, -0.1) is 0 Å². The van der Waals surface area contributed by atoms with Gasteiger partial charge in [-0.3, -0.25) is 13.9 Å². The molecule has 6 rings (SSSR count). The number of nitrogens with one attached hydrogen (secondary N) is 1. The lowest BCUT2D eigenvalue weighted by atomic mass is 9.48. The van der Waals surface area contributed by atoms with Gasteiger partial charge in [0.05, 0.1) is 11.9 Å². The summed E-state index contributed by atoms with van der Waals surface area (Å²) in [5.74, 6) is 1.77. The lowest BCUT2D eigenvalue weighted by Crippen LogP contribution is -2.51. The van der Waals surface area contributed by atoms with Crippen LogP contribution in [0.5, 0.6) is 0 Å². The third kappa shape index (κ3) is 5.92. The molecular formula is C32H43N3O4S. The highest BCUT2D eigenvalue weighted by molar-refractivity contribution is 7.92. The molecule has 0 aliphatic heterocycles. The number of sulfonamides is 1. The monoisotopic (exact) mass is 565 g/mol. The molecule has 0 spiro atoms. The summed E-state index contributed by atoms with van der Waals surface area (Å²) < 4.78 is 27.1. The average molecular weight is 566 g/mol. The van der Waals surface area contributed by atoms with E-state index in [1.807, 2.05) is 50.2 Å². The van der Waals surface area contributed by atoms with Gasteiger partial charge < -0.3 is 10.2 Å². The van der Waals surface area contributed by atoms with Crippen LogP contribution in [0.2, 0.25) is 0 Å². The van der Waals surface area contributed by atoms with Crippen molar-refractivity contribution in [2.75, 3.05) is 23.7 Å². The van der Waals surface area contributed by atoms with E-state index in [0.717, 1.165) is 35.1 Å². The number of anilines is 1. The van der Waals surface area contributed by atoms with Crippen LogP contribution in [0.1, 0.15) is 69.1 Å². The SMILES string of the molecule is CCNC(=O)[C@H](C)N(Cc1ccc(C)cc1)C(=O)CN(c1ccc(C23CC4CC(CC(C4)C2)C3)cc1)S(C)(=O)=O. The Hall–Kier alpha value is -2.87. The number of aryl methyl sites for hydroxylation is 1. The predicted molar refractivity (Wildman–Crippen MR) is 158 cm³/mol. The van der Waals surface area contributed by atoms with Crippen LogP contribution in [0.3, 0.4) is 0 Å². The highest BCUT2D eigenvalue weighted by Gasteiger charge is 2.51. The van der Waals surface area contributed by atoms with Crippen molar-refractivity contribution in [3.63, 3.8) is 0 Å². The Labute approximate surface area is 239 Å². The molecule has 4 fully saturated rings. The Balaban J connectivity index is 1.38. The van der Waals surface area contributed by atoms with Gasteiger partial charge >= 0.3 is 0 Å². The summed E-state index contributed by atoms with van der Waals surface area (Å²) in [6.07, 6.45) is 8.94. The Bertz CT molecular complexity index is 1300. The Morgan fingerprint density at radius 3 is 2.00 bits per heavy atom. The summed E-state index contributed by atoms with van der Waals surface area (Å²) in [6.45, 7) is 5.78. The zero-order valence-corrected chi connectivity index (χ0v) is 25.0. The molecule has 0 aromatic heterocycles. The van der Waals surface area contributed by atoms with Crippen molar-refractivity contribution in [2.45, 2.75) is 77.3 Å². The predicted octanol–water partition coefficient (Wildman–Crippen LogP) is 4.78. The summed E-state index contributed by atoms with van der Waals surface area (Å²) in [4.78, 5) is 28.0. The molecule has 4 aliphatic carbocycles. The standard InChI is InChI=1S/C32H43N3O4S/c1-5-33-31(37)23(3)34(20-24-8-6-22(2)7-9-24)30(36)21-35(40(4,38)39)29-12-10-28(11-13-29)32-17-25-14-26(18-32)16-27(15-25)19-32/h6-13,23,25-27H,5,14-21H2,1-4H3,(H,33,37)/t23-,25?,26?,27?,32?/m0/s1. The first-order valence-electron chi connectivity index (χ1n) is 14.7. The average Bonchev–Trinajstić information content (AvgIpc) is 2.90. The highest BCUT2D eigenvalue weighted by atomic mass is 32.2. The molecule has 7 nitrogen and oxygen atoms in total. The Morgan fingerprint density at radius 1 is 0.950 bits per heavy atom. The smallest absolute Gasteiger partial charge is 0.244 e. The van der Waals surface area contributed by atoms with Gasteiger partial charge in [-0.1, -0.05) is 42.0 Å². The first-order chi connectivity index (χ1) is 19.0. The van der Waals surface area contributed by atoms with Crippen LogP contribution in [0.4, 0.5) is 5.69 Å². The van der Waals surface area contributed by atoms with E-state index >= 15 is 0 Å². The quantitative estimate of drug-likeness (QED) is 0.449. The van der Waals surface area contributed by atoms with Crippen molar-refractivity contribution in [1.29, 1.82) is 0 Å². The molecular weight excluding hydrogens is 522 g/mol. The van der Waals surface area contributed by atoms with E-state index in [2.05, 4.69) is 17.4 Å². The number of benzene rings is 2. The fraction of sp³-hybridized carbons (Fsp3) is 0.562. The third-order valence-corrected chi connectivity index (χ3v) is 10.6. The first-order valence-corrected chi connectivity index (χ1v) is 16.5. The van der Waals surface area contributed by atoms with Gasteiger partial charge in [0.15, 0.2) is 0 Å². The third-order valence-electron chi connectivity index (χ3n) is 9.48. The number of hydrogen-bond donors (Lipinski definition) is 1. The summed E-state index contributed by atoms with van der Waals surface area (Å²) in [5, 5.41) is 2.79. The Kier molecular flexibility index (Phi) is 8.01. The second-order valence-corrected chi connectivity index (χ2v) is 14.5. The summed E-state index contributed by atoms with van der Waals surface area (Å²) in [5.41, 5.74) is 3.97. The molecule has 2 aromatic carbocycles. The van der Waals surface area contributed by atoms with E-state index < -0.39 is 22.0 Å². The minimum Gasteiger partial charge on any atom is -0.355 e. The van der Waals surface area contributed by atoms with Crippen LogP contribution < -0.4 is 9.62 Å². The van der Waals surface area contributed by atoms with Crippen molar-refractivity contribution in [1.82, 2.24) is 10.2 Å². The van der Waals surface area contributed by atoms with Crippen LogP contribution in [0, 0.1) is 24.7 Å². The van der Waals surface area contributed by atoms with Crippen molar-refractivity contribution in [3.8, 4) is 0 Å². The molecule has 0 saturated heterocycles. The van der Waals surface area contributed by atoms with E-state index in [1.54, 1.807) is 6.92 Å². The number of hydrogen-bond acceptors (Lipinski definition) is 4. The van der Waals surface area contributed by atoms with Gasteiger partial charge in [0.25, 0.3) is 0 Å². The van der Waals surface area contributed by atoms with Crippen LogP contribution in [-0.2, 0) is 31.6 Å². The van der Waals surface area contributed by atoms with Crippen molar-refractivity contribution in [3.05, 3.63) is 65.2 Å². The van der Waals surface area contributed by atoms with Crippen LogP contribution >= 0.6 is 0 Å². The molecule has 0 radical (unpaired) electrons. The minimum atomic E-state index is -3.75. The summed E-state index contributed by atoms with van der Waals surface area (Å²) >= 11 is 0. The molecule has 1 atom stereocenters. The van der Waals surface area contributed by atoms with Crippen molar-refractivity contribution < 1.29 is 18.0 Å². The molecule has 8 heteroatoms. The molecule has 4 aliphatic rings. The molecule has 216 valence electrons. The zero-order valence-electron chi connectivity index (χ0n) is 24.2. The lowest BCUT2D eigenvalue weighted by molar-refractivity contribution is -0.139. The van der Waals surface area contributed by atoms with Crippen molar-refractivity contribution >= 4 is 27.5 Å². The lowest BCUT2D eigenvalue weighted by Gasteiger charge is -2.57. The zero-order chi connectivity index (χ0) is 28.7. The van der Waals surface area contributed by atoms with E-state index in [0.29, 0.717) is 12.2 Å². The van der Waals surface area contributed by atoms with Gasteiger partial charge in [-0.25, -0.2) is 8.42 Å². The Morgan fingerprint density at radius 2 is 1.50 bits per heavy atom. The number of nitrogens with zero attached hydrogens (tertiary/aromatic N) is 2. The van der Waals surface area contributed by atoms with Gasteiger partial charge in [0, 0.05) is 13.1 Å². The van der Waals surface area contributed by atoms with E-state index in [4.69, 9.17) is 0 Å². The molecule has 4 bridgehead atoms. The largest absolute Gasteiger partial charge is 0.355 e. The molecule has 2 aromatic rings. The fourth-order valence-corrected chi connectivity index (χ4v) is 8.70. The maximum absolute atomic E-state index is 13.7. The number of carbonyl (C=O) groups is 2. The number of rotatable bonds is 10. The summed E-state index contributed by atoms with van der Waals surface area (Å²) in [7, 11) is -3.75. The van der Waals surface area contributed by atoms with E-state index in [9.17, 15) is 18.0 Å². The highest BCUT2D eigenvalue weighted by Crippen LogP contribution is 2.60. The second kappa shape index (κ2) is 11.2. The van der Waals surface area contributed by atoms with Crippen molar-refractivity contribution in [2.24, 2.45) is 17.8 Å².